The third-order valence-corrected chi connectivity index (χ3v) is 14.0. The molecular weight excluding hydrogens is 707 g/mol. The SMILES string of the molecule is c1ccc2c(c1)-c1cccc3cccc(c13)C21c2ccccc2-c2ccc(N(c3ccc4ccccc4c3)c3ccc4c(c3)sc3ccccc34)c3cccc1c23. The standard InChI is InChI=1S/C55H33NS/c1-2-13-36-32-37(27-26-34(36)12-1)56(38-28-29-42-41-18-5-8-25-51(41)57-52(42)33-38)50-31-30-44-40-17-4-7-22-47(40)55(49-24-11-20-45(50)54(44)49)46-21-6-3-16-39(46)43-19-9-14-35-15-10-23-48(55)53(35)43/h1-33H. The molecule has 0 saturated carbocycles. The van der Waals surface area contributed by atoms with Crippen LogP contribution in [0.25, 0.3) is 74.7 Å². The molecule has 264 valence electrons. The number of hydrogen-bond donors (Lipinski definition) is 0. The molecule has 2 heteroatoms. The van der Waals surface area contributed by atoms with E-state index in [1.165, 1.54) is 103 Å². The Morgan fingerprint density at radius 2 is 0.895 bits per heavy atom. The predicted molar refractivity (Wildman–Crippen MR) is 243 cm³/mol. The Morgan fingerprint density at radius 1 is 0.333 bits per heavy atom. The van der Waals surface area contributed by atoms with Gasteiger partial charge in [-0.2, -0.15) is 0 Å². The zero-order valence-corrected chi connectivity index (χ0v) is 31.7. The maximum absolute atomic E-state index is 2.50. The molecule has 1 aromatic heterocycles. The van der Waals surface area contributed by atoms with Crippen LogP contribution in [0.2, 0.25) is 0 Å². The molecule has 0 aliphatic heterocycles. The quantitative estimate of drug-likeness (QED) is 0.174. The van der Waals surface area contributed by atoms with E-state index in [1.807, 2.05) is 11.3 Å². The van der Waals surface area contributed by atoms with Crippen LogP contribution in [0, 0.1) is 0 Å². The average molecular weight is 740 g/mol. The topological polar surface area (TPSA) is 3.24 Å². The first-order valence-corrected chi connectivity index (χ1v) is 20.6. The number of nitrogens with zero attached hydrogens (tertiary/aromatic N) is 1. The molecule has 57 heavy (non-hydrogen) atoms. The molecule has 0 fully saturated rings. The number of hydrogen-bond acceptors (Lipinski definition) is 2. The minimum absolute atomic E-state index is 0.518. The van der Waals surface area contributed by atoms with Crippen LogP contribution < -0.4 is 4.90 Å². The highest BCUT2D eigenvalue weighted by atomic mass is 32.1. The van der Waals surface area contributed by atoms with Crippen LogP contribution >= 0.6 is 11.3 Å². The molecule has 1 atom stereocenters. The third-order valence-electron chi connectivity index (χ3n) is 12.8. The molecular formula is C55H33NS. The molecule has 10 aromatic carbocycles. The lowest BCUT2D eigenvalue weighted by Gasteiger charge is -2.46. The maximum Gasteiger partial charge on any atom is 0.0725 e. The van der Waals surface area contributed by atoms with Gasteiger partial charge in [0.15, 0.2) is 0 Å². The highest BCUT2D eigenvalue weighted by Gasteiger charge is 2.48. The van der Waals surface area contributed by atoms with Gasteiger partial charge in [-0.3, -0.25) is 0 Å². The lowest BCUT2D eigenvalue weighted by Crippen LogP contribution is -2.36. The van der Waals surface area contributed by atoms with Crippen LogP contribution in [-0.4, -0.2) is 0 Å². The summed E-state index contributed by atoms with van der Waals surface area (Å²) in [5.74, 6) is 0. The molecule has 0 bridgehead atoms. The van der Waals surface area contributed by atoms with Crippen molar-refractivity contribution in [2.45, 2.75) is 5.41 Å². The van der Waals surface area contributed by atoms with E-state index in [0.29, 0.717) is 0 Å². The van der Waals surface area contributed by atoms with Crippen molar-refractivity contribution in [3.05, 3.63) is 222 Å². The minimum Gasteiger partial charge on any atom is -0.310 e. The van der Waals surface area contributed by atoms with Crippen molar-refractivity contribution in [1.82, 2.24) is 0 Å². The Hall–Kier alpha value is -7.00. The van der Waals surface area contributed by atoms with Gasteiger partial charge in [0.1, 0.15) is 0 Å². The second kappa shape index (κ2) is 11.5. The first kappa shape index (κ1) is 31.2. The average Bonchev–Trinajstić information content (AvgIpc) is 3.65. The Kier molecular flexibility index (Phi) is 6.31. The summed E-state index contributed by atoms with van der Waals surface area (Å²) < 4.78 is 2.61. The Labute approximate surface area is 334 Å². The molecule has 13 rings (SSSR count). The molecule has 11 aromatic rings. The molecule has 1 nitrogen and oxygen atoms in total. The van der Waals surface area contributed by atoms with Crippen LogP contribution in [0.4, 0.5) is 17.1 Å². The van der Waals surface area contributed by atoms with Crippen molar-refractivity contribution in [3.63, 3.8) is 0 Å². The van der Waals surface area contributed by atoms with E-state index in [1.54, 1.807) is 0 Å². The van der Waals surface area contributed by atoms with E-state index in [4.69, 9.17) is 0 Å². The number of rotatable bonds is 3. The summed E-state index contributed by atoms with van der Waals surface area (Å²) in [6.45, 7) is 0. The Bertz CT molecular complexity index is 3490. The highest BCUT2D eigenvalue weighted by molar-refractivity contribution is 7.25. The Balaban J connectivity index is 1.15. The van der Waals surface area contributed by atoms with Crippen molar-refractivity contribution >= 4 is 80.9 Å². The first-order chi connectivity index (χ1) is 28.3. The lowest BCUT2D eigenvalue weighted by molar-refractivity contribution is 0.754. The number of anilines is 3. The summed E-state index contributed by atoms with van der Waals surface area (Å²) in [5, 5.41) is 10.3. The normalized spacial score (nSPS) is 15.1. The van der Waals surface area contributed by atoms with Crippen LogP contribution in [0.3, 0.4) is 0 Å². The maximum atomic E-state index is 2.50. The van der Waals surface area contributed by atoms with Crippen LogP contribution in [0.5, 0.6) is 0 Å². The monoisotopic (exact) mass is 739 g/mol. The first-order valence-electron chi connectivity index (χ1n) is 19.8. The van der Waals surface area contributed by atoms with Crippen LogP contribution in [0.15, 0.2) is 200 Å². The van der Waals surface area contributed by atoms with Gasteiger partial charge in [-0.15, -0.1) is 11.3 Å². The molecule has 2 aliphatic rings. The van der Waals surface area contributed by atoms with Crippen molar-refractivity contribution in [1.29, 1.82) is 0 Å². The molecule has 0 amide bonds. The van der Waals surface area contributed by atoms with Crippen molar-refractivity contribution < 1.29 is 0 Å². The molecule has 1 heterocycles. The second-order valence-corrected chi connectivity index (χ2v) is 16.6. The van der Waals surface area contributed by atoms with E-state index >= 15 is 0 Å². The summed E-state index contributed by atoms with van der Waals surface area (Å²) in [7, 11) is 0. The molecule has 0 radical (unpaired) electrons. The summed E-state index contributed by atoms with van der Waals surface area (Å²) in [5.41, 5.74) is 13.5. The summed E-state index contributed by atoms with van der Waals surface area (Å²) in [6, 6.07) is 75.3. The second-order valence-electron chi connectivity index (χ2n) is 15.6. The van der Waals surface area contributed by atoms with Gasteiger partial charge in [-0.1, -0.05) is 164 Å². The summed E-state index contributed by atoms with van der Waals surface area (Å²) in [6.07, 6.45) is 0. The van der Waals surface area contributed by atoms with E-state index in [0.717, 1.165) is 11.4 Å². The fraction of sp³-hybridized carbons (Fsp3) is 0.0182. The van der Waals surface area contributed by atoms with Gasteiger partial charge in [0.25, 0.3) is 0 Å². The minimum atomic E-state index is -0.518. The fourth-order valence-electron chi connectivity index (χ4n) is 10.6. The van der Waals surface area contributed by atoms with E-state index in [-0.39, 0.29) is 0 Å². The third kappa shape index (κ3) is 4.12. The van der Waals surface area contributed by atoms with Crippen molar-refractivity contribution in [3.8, 4) is 22.3 Å². The molecule has 0 N–H and O–H groups in total. The van der Waals surface area contributed by atoms with E-state index in [2.05, 4.69) is 205 Å². The zero-order valence-electron chi connectivity index (χ0n) is 30.9. The summed E-state index contributed by atoms with van der Waals surface area (Å²) in [4.78, 5) is 2.50. The van der Waals surface area contributed by atoms with Gasteiger partial charge in [-0.25, -0.2) is 0 Å². The van der Waals surface area contributed by atoms with Gasteiger partial charge in [-0.05, 0) is 108 Å². The van der Waals surface area contributed by atoms with E-state index < -0.39 is 5.41 Å². The smallest absolute Gasteiger partial charge is 0.0725 e. The predicted octanol–water partition coefficient (Wildman–Crippen LogP) is 15.3. The largest absolute Gasteiger partial charge is 0.310 e. The van der Waals surface area contributed by atoms with Crippen LogP contribution in [0.1, 0.15) is 22.3 Å². The van der Waals surface area contributed by atoms with Gasteiger partial charge >= 0.3 is 0 Å². The molecule has 1 spiro atoms. The van der Waals surface area contributed by atoms with Crippen LogP contribution in [-0.2, 0) is 5.41 Å². The number of thiophene rings is 1. The molecule has 2 aliphatic carbocycles. The van der Waals surface area contributed by atoms with Crippen molar-refractivity contribution in [2.24, 2.45) is 0 Å². The number of benzene rings is 10. The highest BCUT2D eigenvalue weighted by Crippen LogP contribution is 2.61. The summed E-state index contributed by atoms with van der Waals surface area (Å²) >= 11 is 1.87. The lowest BCUT2D eigenvalue weighted by atomic mass is 9.55. The zero-order chi connectivity index (χ0) is 37.2. The van der Waals surface area contributed by atoms with Gasteiger partial charge < -0.3 is 4.90 Å². The van der Waals surface area contributed by atoms with Gasteiger partial charge in [0, 0.05) is 36.9 Å². The fourth-order valence-corrected chi connectivity index (χ4v) is 11.7. The van der Waals surface area contributed by atoms with E-state index in [9.17, 15) is 0 Å². The Morgan fingerprint density at radius 3 is 1.74 bits per heavy atom. The molecule has 0 saturated heterocycles. The van der Waals surface area contributed by atoms with Gasteiger partial charge in [0.2, 0.25) is 0 Å². The molecule has 1 unspecified atom stereocenters. The van der Waals surface area contributed by atoms with Gasteiger partial charge in [0.05, 0.1) is 11.1 Å². The van der Waals surface area contributed by atoms with Crippen molar-refractivity contribution in [2.75, 3.05) is 4.90 Å². The number of fused-ring (bicyclic) bond motifs is 12.